The summed E-state index contributed by atoms with van der Waals surface area (Å²) in [5.74, 6) is 3.94. The third kappa shape index (κ3) is 1.02. The Kier molecular flexibility index (Phi) is 1.95. The molecule has 0 aromatic heterocycles. The molecule has 12 heavy (non-hydrogen) atoms. The van der Waals surface area contributed by atoms with Gasteiger partial charge in [0.05, 0.1) is 6.10 Å². The quantitative estimate of drug-likeness (QED) is 0.637. The highest BCUT2D eigenvalue weighted by Gasteiger charge is 2.52. The van der Waals surface area contributed by atoms with Crippen LogP contribution < -0.4 is 0 Å². The summed E-state index contributed by atoms with van der Waals surface area (Å²) in [6.07, 6.45) is 2.37. The van der Waals surface area contributed by atoms with Crippen molar-refractivity contribution in [2.75, 3.05) is 0 Å². The predicted octanol–water partition coefficient (Wildman–Crippen LogP) is 2.30. The van der Waals surface area contributed by atoms with Crippen molar-refractivity contribution in [2.45, 2.75) is 39.7 Å². The molecule has 2 saturated carbocycles. The second kappa shape index (κ2) is 2.73. The van der Waals surface area contributed by atoms with Crippen LogP contribution in [-0.2, 0) is 0 Å². The Morgan fingerprint density at radius 2 is 1.92 bits per heavy atom. The normalized spacial score (nSPS) is 52.2. The highest BCUT2D eigenvalue weighted by molar-refractivity contribution is 5.01. The molecule has 2 fully saturated rings. The Hall–Kier alpha value is -0.0400. The molecule has 0 heterocycles. The molecule has 0 radical (unpaired) electrons. The van der Waals surface area contributed by atoms with Gasteiger partial charge in [0.1, 0.15) is 0 Å². The van der Waals surface area contributed by atoms with Crippen molar-refractivity contribution in [1.29, 1.82) is 0 Å². The van der Waals surface area contributed by atoms with E-state index in [1.807, 2.05) is 0 Å². The van der Waals surface area contributed by atoms with Crippen LogP contribution in [-0.4, -0.2) is 11.2 Å². The molecule has 2 rings (SSSR count). The first-order chi connectivity index (χ1) is 5.61. The second-order valence-electron chi connectivity index (χ2n) is 5.17. The number of hydrogen-bond donors (Lipinski definition) is 1. The molecule has 0 amide bonds. The Morgan fingerprint density at radius 1 is 1.25 bits per heavy atom. The Balaban J connectivity index is 2.08. The Labute approximate surface area is 75.2 Å². The number of aliphatic hydroxyl groups is 1. The van der Waals surface area contributed by atoms with Gasteiger partial charge in [-0.2, -0.15) is 0 Å². The van der Waals surface area contributed by atoms with Crippen LogP contribution in [0.4, 0.5) is 0 Å². The molecule has 1 nitrogen and oxygen atoms in total. The molecule has 70 valence electrons. The van der Waals surface area contributed by atoms with E-state index in [4.69, 9.17) is 0 Å². The SMILES string of the molecule is CC(C)C1CC(O)C2CC(C)C12. The summed E-state index contributed by atoms with van der Waals surface area (Å²) in [6, 6.07) is 0. The van der Waals surface area contributed by atoms with Crippen LogP contribution in [0.1, 0.15) is 33.6 Å². The summed E-state index contributed by atoms with van der Waals surface area (Å²) >= 11 is 0. The maximum absolute atomic E-state index is 9.76. The number of fused-ring (bicyclic) bond motifs is 1. The summed E-state index contributed by atoms with van der Waals surface area (Å²) in [7, 11) is 0. The third-order valence-corrected chi connectivity index (χ3v) is 4.15. The van der Waals surface area contributed by atoms with E-state index >= 15 is 0 Å². The van der Waals surface area contributed by atoms with Crippen molar-refractivity contribution in [2.24, 2.45) is 29.6 Å². The van der Waals surface area contributed by atoms with E-state index in [1.54, 1.807) is 0 Å². The van der Waals surface area contributed by atoms with Crippen LogP contribution >= 0.6 is 0 Å². The van der Waals surface area contributed by atoms with Crippen LogP contribution in [0.2, 0.25) is 0 Å². The van der Waals surface area contributed by atoms with Gasteiger partial charge in [-0.3, -0.25) is 0 Å². The van der Waals surface area contributed by atoms with Crippen molar-refractivity contribution in [3.05, 3.63) is 0 Å². The average Bonchev–Trinajstić information content (AvgIpc) is 2.22. The maximum Gasteiger partial charge on any atom is 0.0574 e. The van der Waals surface area contributed by atoms with Crippen molar-refractivity contribution < 1.29 is 5.11 Å². The topological polar surface area (TPSA) is 20.2 Å². The molecule has 0 spiro atoms. The standard InChI is InChI=1S/C11H20O/c1-6(2)8-5-10(12)9-4-7(3)11(8)9/h6-12H,4-5H2,1-3H3. The summed E-state index contributed by atoms with van der Waals surface area (Å²) in [5, 5.41) is 9.76. The molecular formula is C11H20O. The van der Waals surface area contributed by atoms with Crippen molar-refractivity contribution in [3.63, 3.8) is 0 Å². The summed E-state index contributed by atoms with van der Waals surface area (Å²) in [6.45, 7) is 6.93. The number of aliphatic hydroxyl groups excluding tert-OH is 1. The average molecular weight is 168 g/mol. The number of rotatable bonds is 1. The molecule has 0 aromatic carbocycles. The van der Waals surface area contributed by atoms with Crippen LogP contribution in [0, 0.1) is 29.6 Å². The first kappa shape index (κ1) is 8.55. The fourth-order valence-corrected chi connectivity index (χ4v) is 3.45. The second-order valence-corrected chi connectivity index (χ2v) is 5.17. The molecule has 1 N–H and O–H groups in total. The lowest BCUT2D eigenvalue weighted by molar-refractivity contribution is 0.0104. The predicted molar refractivity (Wildman–Crippen MR) is 49.7 cm³/mol. The van der Waals surface area contributed by atoms with Crippen molar-refractivity contribution >= 4 is 0 Å². The molecule has 0 aliphatic heterocycles. The lowest BCUT2D eigenvalue weighted by Gasteiger charge is -2.43. The van der Waals surface area contributed by atoms with Gasteiger partial charge in [-0.05, 0) is 42.4 Å². The van der Waals surface area contributed by atoms with Gasteiger partial charge in [-0.15, -0.1) is 0 Å². The van der Waals surface area contributed by atoms with Crippen molar-refractivity contribution in [1.82, 2.24) is 0 Å². The monoisotopic (exact) mass is 168 g/mol. The first-order valence-electron chi connectivity index (χ1n) is 5.29. The fraction of sp³-hybridized carbons (Fsp3) is 1.00. The van der Waals surface area contributed by atoms with Crippen LogP contribution in [0.15, 0.2) is 0 Å². The molecule has 0 bridgehead atoms. The Morgan fingerprint density at radius 3 is 2.33 bits per heavy atom. The van der Waals surface area contributed by atoms with Gasteiger partial charge in [0.2, 0.25) is 0 Å². The van der Waals surface area contributed by atoms with E-state index in [-0.39, 0.29) is 6.10 Å². The van der Waals surface area contributed by atoms with Gasteiger partial charge in [0, 0.05) is 0 Å². The molecule has 0 saturated heterocycles. The molecule has 1 heteroatoms. The fourth-order valence-electron chi connectivity index (χ4n) is 3.45. The smallest absolute Gasteiger partial charge is 0.0574 e. The highest BCUT2D eigenvalue weighted by atomic mass is 16.3. The lowest BCUT2D eigenvalue weighted by atomic mass is 9.62. The molecule has 0 aromatic rings. The van der Waals surface area contributed by atoms with Gasteiger partial charge in [0.25, 0.3) is 0 Å². The molecular weight excluding hydrogens is 148 g/mol. The largest absolute Gasteiger partial charge is 0.393 e. The van der Waals surface area contributed by atoms with Crippen LogP contribution in [0.5, 0.6) is 0 Å². The van der Waals surface area contributed by atoms with E-state index in [2.05, 4.69) is 20.8 Å². The van der Waals surface area contributed by atoms with E-state index in [1.165, 1.54) is 6.42 Å². The van der Waals surface area contributed by atoms with E-state index < -0.39 is 0 Å². The van der Waals surface area contributed by atoms with Gasteiger partial charge < -0.3 is 5.11 Å². The van der Waals surface area contributed by atoms with Gasteiger partial charge in [-0.25, -0.2) is 0 Å². The minimum Gasteiger partial charge on any atom is -0.393 e. The molecule has 5 unspecified atom stereocenters. The van der Waals surface area contributed by atoms with E-state index in [9.17, 15) is 5.11 Å². The van der Waals surface area contributed by atoms with E-state index in [0.717, 1.165) is 30.1 Å². The summed E-state index contributed by atoms with van der Waals surface area (Å²) in [4.78, 5) is 0. The number of hydrogen-bond acceptors (Lipinski definition) is 1. The summed E-state index contributed by atoms with van der Waals surface area (Å²) in [5.41, 5.74) is 0. The zero-order chi connectivity index (χ0) is 8.88. The minimum absolute atomic E-state index is 0.0265. The van der Waals surface area contributed by atoms with Crippen LogP contribution in [0.3, 0.4) is 0 Å². The minimum atomic E-state index is 0.0265. The third-order valence-electron chi connectivity index (χ3n) is 4.15. The molecule has 2 aliphatic rings. The lowest BCUT2D eigenvalue weighted by Crippen LogP contribution is -2.38. The summed E-state index contributed by atoms with van der Waals surface area (Å²) < 4.78 is 0. The zero-order valence-electron chi connectivity index (χ0n) is 8.33. The van der Waals surface area contributed by atoms with Crippen molar-refractivity contribution in [3.8, 4) is 0 Å². The zero-order valence-corrected chi connectivity index (χ0v) is 8.33. The van der Waals surface area contributed by atoms with Crippen LogP contribution in [0.25, 0.3) is 0 Å². The highest BCUT2D eigenvalue weighted by Crippen LogP contribution is 2.55. The Bertz CT molecular complexity index is 171. The van der Waals surface area contributed by atoms with E-state index in [0.29, 0.717) is 5.92 Å². The van der Waals surface area contributed by atoms with Gasteiger partial charge >= 0.3 is 0 Å². The maximum atomic E-state index is 9.76. The first-order valence-corrected chi connectivity index (χ1v) is 5.29. The molecule has 2 aliphatic carbocycles. The van der Waals surface area contributed by atoms with Gasteiger partial charge in [0.15, 0.2) is 0 Å². The van der Waals surface area contributed by atoms with Gasteiger partial charge in [-0.1, -0.05) is 20.8 Å². The molecule has 5 atom stereocenters.